The minimum atomic E-state index is -0.284. The first-order valence-corrected chi connectivity index (χ1v) is 6.52. The maximum atomic E-state index is 12.3. The van der Waals surface area contributed by atoms with E-state index in [4.69, 9.17) is 0 Å². The Morgan fingerprint density at radius 3 is 2.44 bits per heavy atom. The van der Waals surface area contributed by atoms with Crippen LogP contribution < -0.4 is 0 Å². The Balaban J connectivity index is 2.71. The summed E-state index contributed by atoms with van der Waals surface area (Å²) in [5.41, 5.74) is 0. The van der Waals surface area contributed by atoms with E-state index in [9.17, 15) is 9.59 Å². The van der Waals surface area contributed by atoms with Crippen LogP contribution in [0.2, 0.25) is 0 Å². The zero-order chi connectivity index (χ0) is 13.9. The van der Waals surface area contributed by atoms with Gasteiger partial charge in [-0.1, -0.05) is 13.8 Å². The molecule has 0 N–H and O–H groups in total. The van der Waals surface area contributed by atoms with Crippen molar-refractivity contribution >= 4 is 11.8 Å². The first-order valence-electron chi connectivity index (χ1n) is 6.52. The summed E-state index contributed by atoms with van der Waals surface area (Å²) in [5.74, 6) is 0.537. The number of nitrogens with zero attached hydrogens (tertiary/aromatic N) is 3. The van der Waals surface area contributed by atoms with E-state index in [-0.39, 0.29) is 24.4 Å². The lowest BCUT2D eigenvalue weighted by atomic mass is 9.99. The Hall–Kier alpha value is -1.10. The van der Waals surface area contributed by atoms with E-state index in [0.29, 0.717) is 12.5 Å². The van der Waals surface area contributed by atoms with Gasteiger partial charge in [0.2, 0.25) is 11.8 Å². The minimum Gasteiger partial charge on any atom is -0.332 e. The van der Waals surface area contributed by atoms with Crippen LogP contribution in [0.5, 0.6) is 0 Å². The van der Waals surface area contributed by atoms with Crippen LogP contribution in [-0.4, -0.2) is 73.3 Å². The van der Waals surface area contributed by atoms with Crippen molar-refractivity contribution in [2.24, 2.45) is 5.92 Å². The van der Waals surface area contributed by atoms with Gasteiger partial charge < -0.3 is 14.7 Å². The van der Waals surface area contributed by atoms with Crippen molar-refractivity contribution in [2.45, 2.75) is 26.3 Å². The molecule has 1 atom stereocenters. The lowest BCUT2D eigenvalue weighted by Gasteiger charge is -2.39. The van der Waals surface area contributed by atoms with Crippen LogP contribution >= 0.6 is 0 Å². The van der Waals surface area contributed by atoms with Crippen LogP contribution in [0.25, 0.3) is 0 Å². The molecular weight excluding hydrogens is 230 g/mol. The van der Waals surface area contributed by atoms with E-state index in [0.717, 1.165) is 13.0 Å². The lowest BCUT2D eigenvalue weighted by Crippen LogP contribution is -2.59. The molecule has 1 fully saturated rings. The maximum absolute atomic E-state index is 12.3. The van der Waals surface area contributed by atoms with Crippen molar-refractivity contribution in [3.8, 4) is 0 Å². The fraction of sp³-hybridized carbons (Fsp3) is 0.846. The molecule has 0 aromatic rings. The Morgan fingerprint density at radius 2 is 1.94 bits per heavy atom. The lowest BCUT2D eigenvalue weighted by molar-refractivity contribution is -0.155. The summed E-state index contributed by atoms with van der Waals surface area (Å²) < 4.78 is 0. The fourth-order valence-electron chi connectivity index (χ4n) is 2.12. The molecule has 0 aromatic carbocycles. The normalized spacial score (nSPS) is 21.4. The van der Waals surface area contributed by atoms with Gasteiger partial charge in [-0.3, -0.25) is 9.59 Å². The molecule has 0 aromatic heterocycles. The summed E-state index contributed by atoms with van der Waals surface area (Å²) in [6, 6.07) is -0.284. The van der Waals surface area contributed by atoms with Gasteiger partial charge >= 0.3 is 0 Å². The number of carbonyl (C=O) groups excluding carboxylic acids is 2. The summed E-state index contributed by atoms with van der Waals surface area (Å²) >= 11 is 0. The largest absolute Gasteiger partial charge is 0.332 e. The van der Waals surface area contributed by atoms with Crippen LogP contribution in [0, 0.1) is 5.92 Å². The second-order valence-corrected chi connectivity index (χ2v) is 5.71. The molecule has 0 spiro atoms. The molecule has 1 heterocycles. The molecule has 5 nitrogen and oxygen atoms in total. The van der Waals surface area contributed by atoms with E-state index >= 15 is 0 Å². The van der Waals surface area contributed by atoms with Crippen molar-refractivity contribution in [3.05, 3.63) is 0 Å². The van der Waals surface area contributed by atoms with Gasteiger partial charge in [0, 0.05) is 20.1 Å². The van der Waals surface area contributed by atoms with Crippen molar-refractivity contribution in [1.29, 1.82) is 0 Å². The SMILES string of the molecule is CC(C)C[C@H]1C(=O)N(CCN(C)C)CC(=O)N1C. The summed E-state index contributed by atoms with van der Waals surface area (Å²) in [7, 11) is 5.67. The van der Waals surface area contributed by atoms with Gasteiger partial charge in [-0.05, 0) is 26.4 Å². The number of carbonyl (C=O) groups is 2. The third kappa shape index (κ3) is 3.70. The Morgan fingerprint density at radius 1 is 1.33 bits per heavy atom. The second kappa shape index (κ2) is 6.18. The first kappa shape index (κ1) is 15.0. The molecular formula is C13H25N3O2. The average Bonchev–Trinajstić information content (AvgIpc) is 2.27. The van der Waals surface area contributed by atoms with Crippen molar-refractivity contribution in [2.75, 3.05) is 40.8 Å². The van der Waals surface area contributed by atoms with E-state index in [1.54, 1.807) is 16.8 Å². The molecule has 5 heteroatoms. The smallest absolute Gasteiger partial charge is 0.245 e. The molecule has 1 aliphatic rings. The number of piperazine rings is 1. The van der Waals surface area contributed by atoms with Gasteiger partial charge in [-0.25, -0.2) is 0 Å². The van der Waals surface area contributed by atoms with Crippen LogP contribution in [0.1, 0.15) is 20.3 Å². The predicted octanol–water partition coefficient (Wildman–Crippen LogP) is 0.263. The standard InChI is InChI=1S/C13H25N3O2/c1-10(2)8-11-13(18)16(7-6-14(3)4)9-12(17)15(11)5/h10-11H,6-9H2,1-5H3/t11-/m0/s1. The van der Waals surface area contributed by atoms with Crippen LogP contribution in [-0.2, 0) is 9.59 Å². The number of amides is 2. The number of rotatable bonds is 5. The summed E-state index contributed by atoms with van der Waals surface area (Å²) in [6.07, 6.45) is 0.736. The fourth-order valence-corrected chi connectivity index (χ4v) is 2.12. The second-order valence-electron chi connectivity index (χ2n) is 5.71. The molecule has 2 amide bonds. The number of hydrogen-bond acceptors (Lipinski definition) is 3. The van der Waals surface area contributed by atoms with Crippen LogP contribution in [0.4, 0.5) is 0 Å². The topological polar surface area (TPSA) is 43.9 Å². The zero-order valence-electron chi connectivity index (χ0n) is 12.1. The Kier molecular flexibility index (Phi) is 5.14. The molecule has 1 aliphatic heterocycles. The van der Waals surface area contributed by atoms with Gasteiger partial charge in [0.1, 0.15) is 6.04 Å². The minimum absolute atomic E-state index is 0.0407. The van der Waals surface area contributed by atoms with Gasteiger partial charge in [0.15, 0.2) is 0 Å². The molecule has 0 radical (unpaired) electrons. The van der Waals surface area contributed by atoms with Gasteiger partial charge in [-0.15, -0.1) is 0 Å². The highest BCUT2D eigenvalue weighted by Gasteiger charge is 2.36. The maximum Gasteiger partial charge on any atom is 0.245 e. The van der Waals surface area contributed by atoms with Gasteiger partial charge in [0.05, 0.1) is 6.54 Å². The Labute approximate surface area is 110 Å². The highest BCUT2D eigenvalue weighted by molar-refractivity contribution is 5.94. The van der Waals surface area contributed by atoms with Gasteiger partial charge in [0.25, 0.3) is 0 Å². The third-order valence-electron chi connectivity index (χ3n) is 3.30. The molecule has 18 heavy (non-hydrogen) atoms. The first-order chi connectivity index (χ1) is 8.32. The van der Waals surface area contributed by atoms with Crippen LogP contribution in [0.3, 0.4) is 0 Å². The quantitative estimate of drug-likeness (QED) is 0.708. The molecule has 1 saturated heterocycles. The van der Waals surface area contributed by atoms with E-state index in [1.807, 2.05) is 19.0 Å². The summed E-state index contributed by atoms with van der Waals surface area (Å²) in [6.45, 7) is 5.78. The zero-order valence-corrected chi connectivity index (χ0v) is 12.1. The van der Waals surface area contributed by atoms with Crippen LogP contribution in [0.15, 0.2) is 0 Å². The molecule has 104 valence electrons. The highest BCUT2D eigenvalue weighted by atomic mass is 16.2. The molecule has 0 unspecified atom stereocenters. The predicted molar refractivity (Wildman–Crippen MR) is 71.1 cm³/mol. The van der Waals surface area contributed by atoms with Crippen molar-refractivity contribution in [3.63, 3.8) is 0 Å². The molecule has 1 rings (SSSR count). The number of hydrogen-bond donors (Lipinski definition) is 0. The molecule has 0 bridgehead atoms. The highest BCUT2D eigenvalue weighted by Crippen LogP contribution is 2.17. The summed E-state index contributed by atoms with van der Waals surface area (Å²) in [4.78, 5) is 29.6. The van der Waals surface area contributed by atoms with E-state index in [1.165, 1.54) is 0 Å². The van der Waals surface area contributed by atoms with Crippen molar-refractivity contribution < 1.29 is 9.59 Å². The molecule has 0 aliphatic carbocycles. The average molecular weight is 255 g/mol. The Bertz CT molecular complexity index is 315. The van der Waals surface area contributed by atoms with Crippen molar-refractivity contribution in [1.82, 2.24) is 14.7 Å². The van der Waals surface area contributed by atoms with E-state index in [2.05, 4.69) is 13.8 Å². The number of likely N-dealkylation sites (N-methyl/N-ethyl adjacent to an activating group) is 2. The van der Waals surface area contributed by atoms with E-state index < -0.39 is 0 Å². The summed E-state index contributed by atoms with van der Waals surface area (Å²) in [5, 5.41) is 0. The third-order valence-corrected chi connectivity index (χ3v) is 3.30. The van der Waals surface area contributed by atoms with Gasteiger partial charge in [-0.2, -0.15) is 0 Å². The molecule has 0 saturated carbocycles. The monoisotopic (exact) mass is 255 g/mol.